The first-order valence-corrected chi connectivity index (χ1v) is 7.36. The zero-order chi connectivity index (χ0) is 13.1. The van der Waals surface area contributed by atoms with Crippen LogP contribution in [0.2, 0.25) is 0 Å². The Morgan fingerprint density at radius 3 is 2.44 bits per heavy atom. The predicted molar refractivity (Wildman–Crippen MR) is 81.0 cm³/mol. The molecule has 1 aromatic carbocycles. The lowest BCUT2D eigenvalue weighted by molar-refractivity contribution is 0.865. The van der Waals surface area contributed by atoms with Crippen LogP contribution in [0.1, 0.15) is 25.3 Å². The van der Waals surface area contributed by atoms with E-state index in [4.69, 9.17) is 5.73 Å². The molecule has 0 fully saturated rings. The smallest absolute Gasteiger partial charge is 0.115 e. The van der Waals surface area contributed by atoms with Crippen LogP contribution in [0.3, 0.4) is 0 Å². The number of aromatic nitrogens is 1. The number of nitrogen functional groups attached to an aromatic ring is 1. The van der Waals surface area contributed by atoms with E-state index in [-0.39, 0.29) is 0 Å². The fourth-order valence-corrected chi connectivity index (χ4v) is 2.91. The SMILES string of the molecule is CC(C)c1ccc(Sc2ncc(N)cc2Br)cc1. The molecule has 0 radical (unpaired) electrons. The molecule has 0 aliphatic carbocycles. The molecule has 1 aromatic heterocycles. The number of rotatable bonds is 3. The Kier molecular flexibility index (Phi) is 4.30. The molecule has 2 aromatic rings. The second-order valence-electron chi connectivity index (χ2n) is 4.38. The van der Waals surface area contributed by atoms with E-state index in [1.807, 2.05) is 6.07 Å². The number of nitrogens with two attached hydrogens (primary N) is 1. The van der Waals surface area contributed by atoms with E-state index in [9.17, 15) is 0 Å². The number of benzene rings is 1. The lowest BCUT2D eigenvalue weighted by atomic mass is 10.0. The van der Waals surface area contributed by atoms with Gasteiger partial charge in [-0.3, -0.25) is 0 Å². The Morgan fingerprint density at radius 1 is 1.22 bits per heavy atom. The average Bonchev–Trinajstić information content (AvgIpc) is 2.33. The Labute approximate surface area is 120 Å². The molecule has 0 atom stereocenters. The third-order valence-electron chi connectivity index (χ3n) is 2.59. The first kappa shape index (κ1) is 13.4. The number of hydrogen-bond donors (Lipinski definition) is 1. The molecule has 0 aliphatic rings. The van der Waals surface area contributed by atoms with Crippen LogP contribution >= 0.6 is 27.7 Å². The van der Waals surface area contributed by atoms with Crippen molar-refractivity contribution in [1.82, 2.24) is 4.98 Å². The summed E-state index contributed by atoms with van der Waals surface area (Å²) < 4.78 is 0.931. The highest BCUT2D eigenvalue weighted by molar-refractivity contribution is 9.10. The molecule has 0 unspecified atom stereocenters. The molecule has 1 heterocycles. The Hall–Kier alpha value is -1.000. The molecule has 2 nitrogen and oxygen atoms in total. The maximum absolute atomic E-state index is 5.67. The summed E-state index contributed by atoms with van der Waals surface area (Å²) in [5.74, 6) is 0.561. The molecule has 2 N–H and O–H groups in total. The van der Waals surface area contributed by atoms with Gasteiger partial charge in [0.15, 0.2) is 0 Å². The van der Waals surface area contributed by atoms with E-state index in [2.05, 4.69) is 59.0 Å². The van der Waals surface area contributed by atoms with Crippen molar-refractivity contribution < 1.29 is 0 Å². The van der Waals surface area contributed by atoms with Crippen LogP contribution in [0.25, 0.3) is 0 Å². The molecule has 4 heteroatoms. The summed E-state index contributed by atoms with van der Waals surface area (Å²) in [6.45, 7) is 4.39. The number of nitrogens with zero attached hydrogens (tertiary/aromatic N) is 1. The van der Waals surface area contributed by atoms with Crippen molar-refractivity contribution in [3.05, 3.63) is 46.6 Å². The van der Waals surface area contributed by atoms with Crippen molar-refractivity contribution in [2.75, 3.05) is 5.73 Å². The van der Waals surface area contributed by atoms with E-state index in [1.165, 1.54) is 10.5 Å². The Morgan fingerprint density at radius 2 is 1.89 bits per heavy atom. The molecule has 0 aliphatic heterocycles. The summed E-state index contributed by atoms with van der Waals surface area (Å²) in [5.41, 5.74) is 7.69. The van der Waals surface area contributed by atoms with Gasteiger partial charge in [0.25, 0.3) is 0 Å². The van der Waals surface area contributed by atoms with E-state index in [1.54, 1.807) is 18.0 Å². The van der Waals surface area contributed by atoms with E-state index in [0.29, 0.717) is 11.6 Å². The van der Waals surface area contributed by atoms with Crippen LogP contribution in [-0.2, 0) is 0 Å². The minimum absolute atomic E-state index is 0.561. The molecule has 0 saturated heterocycles. The highest BCUT2D eigenvalue weighted by Gasteiger charge is 2.05. The van der Waals surface area contributed by atoms with Crippen LogP contribution in [0.15, 0.2) is 50.9 Å². The molecule has 0 amide bonds. The maximum atomic E-state index is 5.67. The second kappa shape index (κ2) is 5.76. The number of pyridine rings is 1. The monoisotopic (exact) mass is 322 g/mol. The summed E-state index contributed by atoms with van der Waals surface area (Å²) >= 11 is 5.11. The third kappa shape index (κ3) is 3.27. The van der Waals surface area contributed by atoms with Gasteiger partial charge in [0, 0.05) is 4.90 Å². The zero-order valence-electron chi connectivity index (χ0n) is 10.4. The zero-order valence-corrected chi connectivity index (χ0v) is 12.8. The van der Waals surface area contributed by atoms with Gasteiger partial charge in [0.05, 0.1) is 16.4 Å². The average molecular weight is 323 g/mol. The first-order chi connectivity index (χ1) is 8.56. The molecular formula is C14H15BrN2S. The fraction of sp³-hybridized carbons (Fsp3) is 0.214. The molecule has 18 heavy (non-hydrogen) atoms. The number of anilines is 1. The van der Waals surface area contributed by atoms with Crippen LogP contribution in [0.4, 0.5) is 5.69 Å². The molecule has 94 valence electrons. The molecule has 0 saturated carbocycles. The third-order valence-corrected chi connectivity index (χ3v) is 4.48. The van der Waals surface area contributed by atoms with Crippen molar-refractivity contribution in [3.8, 4) is 0 Å². The van der Waals surface area contributed by atoms with Gasteiger partial charge in [-0.1, -0.05) is 37.7 Å². The fourth-order valence-electron chi connectivity index (χ4n) is 1.55. The first-order valence-electron chi connectivity index (χ1n) is 5.75. The largest absolute Gasteiger partial charge is 0.397 e. The molecule has 2 rings (SSSR count). The van der Waals surface area contributed by atoms with Crippen LogP contribution in [0, 0.1) is 0 Å². The topological polar surface area (TPSA) is 38.9 Å². The maximum Gasteiger partial charge on any atom is 0.115 e. The van der Waals surface area contributed by atoms with E-state index >= 15 is 0 Å². The Bertz CT molecular complexity index is 538. The standard InChI is InChI=1S/C14H15BrN2S/c1-9(2)10-3-5-12(6-4-10)18-14-13(15)7-11(16)8-17-14/h3-9H,16H2,1-2H3. The molecular weight excluding hydrogens is 308 g/mol. The molecule has 0 bridgehead atoms. The Balaban J connectivity index is 2.18. The lowest BCUT2D eigenvalue weighted by Crippen LogP contribution is -1.89. The highest BCUT2D eigenvalue weighted by Crippen LogP contribution is 2.33. The van der Waals surface area contributed by atoms with E-state index in [0.717, 1.165) is 9.50 Å². The van der Waals surface area contributed by atoms with Gasteiger partial charge in [-0.2, -0.15) is 0 Å². The van der Waals surface area contributed by atoms with Gasteiger partial charge < -0.3 is 5.73 Å². The molecule has 0 spiro atoms. The van der Waals surface area contributed by atoms with Gasteiger partial charge in [0.2, 0.25) is 0 Å². The van der Waals surface area contributed by atoms with Crippen molar-refractivity contribution in [2.45, 2.75) is 29.7 Å². The van der Waals surface area contributed by atoms with Crippen LogP contribution < -0.4 is 5.73 Å². The van der Waals surface area contributed by atoms with Gasteiger partial charge >= 0.3 is 0 Å². The summed E-state index contributed by atoms with van der Waals surface area (Å²) in [5, 5.41) is 0.932. The number of hydrogen-bond acceptors (Lipinski definition) is 3. The highest BCUT2D eigenvalue weighted by atomic mass is 79.9. The summed E-state index contributed by atoms with van der Waals surface area (Å²) in [7, 11) is 0. The second-order valence-corrected chi connectivity index (χ2v) is 6.30. The minimum atomic E-state index is 0.561. The minimum Gasteiger partial charge on any atom is -0.397 e. The van der Waals surface area contributed by atoms with Crippen molar-refractivity contribution >= 4 is 33.4 Å². The van der Waals surface area contributed by atoms with Gasteiger partial charge in [-0.05, 0) is 45.6 Å². The summed E-state index contributed by atoms with van der Waals surface area (Å²) in [6.07, 6.45) is 1.68. The van der Waals surface area contributed by atoms with Gasteiger partial charge in [0.1, 0.15) is 5.03 Å². The lowest BCUT2D eigenvalue weighted by Gasteiger charge is -2.07. The summed E-state index contributed by atoms with van der Waals surface area (Å²) in [6, 6.07) is 10.5. The van der Waals surface area contributed by atoms with Crippen molar-refractivity contribution in [3.63, 3.8) is 0 Å². The van der Waals surface area contributed by atoms with Crippen molar-refractivity contribution in [1.29, 1.82) is 0 Å². The van der Waals surface area contributed by atoms with Crippen LogP contribution in [-0.4, -0.2) is 4.98 Å². The predicted octanol–water partition coefficient (Wildman–Crippen LogP) is 4.70. The van der Waals surface area contributed by atoms with Gasteiger partial charge in [-0.15, -0.1) is 0 Å². The van der Waals surface area contributed by atoms with E-state index < -0.39 is 0 Å². The van der Waals surface area contributed by atoms with Crippen molar-refractivity contribution in [2.24, 2.45) is 0 Å². The quantitative estimate of drug-likeness (QED) is 0.890. The summed E-state index contributed by atoms with van der Waals surface area (Å²) in [4.78, 5) is 5.50. The normalized spacial score (nSPS) is 10.9. The number of halogens is 1. The van der Waals surface area contributed by atoms with Gasteiger partial charge in [-0.25, -0.2) is 4.98 Å². The van der Waals surface area contributed by atoms with Crippen LogP contribution in [0.5, 0.6) is 0 Å².